The van der Waals surface area contributed by atoms with E-state index < -0.39 is 6.10 Å². The summed E-state index contributed by atoms with van der Waals surface area (Å²) in [4.78, 5) is 14.0. The number of benzene rings is 1. The number of carbonyl (C=O) groups excluding carboxylic acids is 1. The Kier molecular flexibility index (Phi) is 4.43. The SMILES string of the molecule is CNC(=O)C1CCCN(c2ccc([C@@H](C)O)cc2)C1. The number of nitrogens with zero attached hydrogens (tertiary/aromatic N) is 1. The zero-order chi connectivity index (χ0) is 13.8. The van der Waals surface area contributed by atoms with Crippen LogP contribution in [0, 0.1) is 5.92 Å². The van der Waals surface area contributed by atoms with Gasteiger partial charge in [-0.05, 0) is 37.5 Å². The second kappa shape index (κ2) is 6.06. The van der Waals surface area contributed by atoms with E-state index in [0.29, 0.717) is 0 Å². The van der Waals surface area contributed by atoms with Gasteiger partial charge >= 0.3 is 0 Å². The number of aliphatic hydroxyl groups is 1. The third kappa shape index (κ3) is 3.26. The van der Waals surface area contributed by atoms with E-state index in [-0.39, 0.29) is 11.8 Å². The van der Waals surface area contributed by atoms with Crippen molar-refractivity contribution in [3.05, 3.63) is 29.8 Å². The Morgan fingerprint density at radius 3 is 2.68 bits per heavy atom. The second-order valence-corrected chi connectivity index (χ2v) is 5.17. The summed E-state index contributed by atoms with van der Waals surface area (Å²) in [5.41, 5.74) is 2.04. The third-order valence-corrected chi connectivity index (χ3v) is 3.78. The second-order valence-electron chi connectivity index (χ2n) is 5.17. The van der Waals surface area contributed by atoms with Crippen molar-refractivity contribution < 1.29 is 9.90 Å². The van der Waals surface area contributed by atoms with Crippen molar-refractivity contribution >= 4 is 11.6 Å². The number of anilines is 1. The number of hydrogen-bond acceptors (Lipinski definition) is 3. The van der Waals surface area contributed by atoms with E-state index in [0.717, 1.165) is 37.2 Å². The monoisotopic (exact) mass is 262 g/mol. The summed E-state index contributed by atoms with van der Waals surface area (Å²) in [6.45, 7) is 3.52. The molecule has 0 spiro atoms. The molecule has 2 N–H and O–H groups in total. The maximum atomic E-state index is 11.7. The average Bonchev–Trinajstić information content (AvgIpc) is 2.46. The molecule has 0 bridgehead atoms. The largest absolute Gasteiger partial charge is 0.389 e. The highest BCUT2D eigenvalue weighted by molar-refractivity contribution is 5.79. The van der Waals surface area contributed by atoms with Crippen molar-refractivity contribution in [2.45, 2.75) is 25.9 Å². The van der Waals surface area contributed by atoms with Gasteiger partial charge in [0.25, 0.3) is 0 Å². The lowest BCUT2D eigenvalue weighted by molar-refractivity contribution is -0.124. The van der Waals surface area contributed by atoms with Crippen LogP contribution in [0.2, 0.25) is 0 Å². The number of rotatable bonds is 3. The van der Waals surface area contributed by atoms with Crippen molar-refractivity contribution in [3.8, 4) is 0 Å². The van der Waals surface area contributed by atoms with Crippen LogP contribution in [0.4, 0.5) is 5.69 Å². The Morgan fingerprint density at radius 2 is 2.11 bits per heavy atom. The minimum atomic E-state index is -0.436. The fourth-order valence-corrected chi connectivity index (χ4v) is 2.59. The molecule has 2 atom stereocenters. The molecule has 1 heterocycles. The molecular weight excluding hydrogens is 240 g/mol. The van der Waals surface area contributed by atoms with Crippen LogP contribution in [0.5, 0.6) is 0 Å². The Labute approximate surface area is 114 Å². The molecule has 0 saturated carbocycles. The lowest BCUT2D eigenvalue weighted by Gasteiger charge is -2.33. The highest BCUT2D eigenvalue weighted by atomic mass is 16.3. The van der Waals surface area contributed by atoms with Gasteiger partial charge in [0.2, 0.25) is 5.91 Å². The van der Waals surface area contributed by atoms with Crippen LogP contribution in [-0.4, -0.2) is 31.2 Å². The van der Waals surface area contributed by atoms with Crippen molar-refractivity contribution in [2.24, 2.45) is 5.92 Å². The molecule has 0 aliphatic carbocycles. The lowest BCUT2D eigenvalue weighted by Crippen LogP contribution is -2.42. The van der Waals surface area contributed by atoms with Gasteiger partial charge in [0.15, 0.2) is 0 Å². The lowest BCUT2D eigenvalue weighted by atomic mass is 9.96. The Morgan fingerprint density at radius 1 is 1.42 bits per heavy atom. The molecule has 1 amide bonds. The van der Waals surface area contributed by atoms with Gasteiger partial charge in [0.05, 0.1) is 12.0 Å². The van der Waals surface area contributed by atoms with Crippen LogP contribution in [0.25, 0.3) is 0 Å². The summed E-state index contributed by atoms with van der Waals surface area (Å²) >= 11 is 0. The summed E-state index contributed by atoms with van der Waals surface area (Å²) in [5.74, 6) is 0.209. The number of piperidine rings is 1. The van der Waals surface area contributed by atoms with E-state index in [1.165, 1.54) is 0 Å². The maximum absolute atomic E-state index is 11.7. The fourth-order valence-electron chi connectivity index (χ4n) is 2.59. The molecule has 1 aliphatic heterocycles. The molecule has 104 valence electrons. The van der Waals surface area contributed by atoms with Gasteiger partial charge in [-0.2, -0.15) is 0 Å². The van der Waals surface area contributed by atoms with Gasteiger partial charge in [-0.1, -0.05) is 12.1 Å². The van der Waals surface area contributed by atoms with Gasteiger partial charge in [-0.25, -0.2) is 0 Å². The van der Waals surface area contributed by atoms with Crippen molar-refractivity contribution in [2.75, 3.05) is 25.0 Å². The smallest absolute Gasteiger partial charge is 0.224 e. The van der Waals surface area contributed by atoms with Crippen molar-refractivity contribution in [1.82, 2.24) is 5.32 Å². The summed E-state index contributed by atoms with van der Waals surface area (Å²) in [7, 11) is 1.69. The van der Waals surface area contributed by atoms with E-state index in [1.807, 2.05) is 24.3 Å². The number of amides is 1. The first-order chi connectivity index (χ1) is 9.11. The van der Waals surface area contributed by atoms with E-state index in [4.69, 9.17) is 0 Å². The van der Waals surface area contributed by atoms with E-state index >= 15 is 0 Å². The molecule has 1 unspecified atom stereocenters. The molecule has 19 heavy (non-hydrogen) atoms. The van der Waals surface area contributed by atoms with Crippen LogP contribution in [0.15, 0.2) is 24.3 Å². The number of nitrogens with one attached hydrogen (secondary N) is 1. The molecule has 0 radical (unpaired) electrons. The average molecular weight is 262 g/mol. The summed E-state index contributed by atoms with van der Waals surface area (Å²) in [6.07, 6.45) is 1.56. The van der Waals surface area contributed by atoms with Gasteiger partial charge < -0.3 is 15.3 Å². The molecule has 1 aromatic rings. The molecule has 4 heteroatoms. The van der Waals surface area contributed by atoms with Gasteiger partial charge in [-0.15, -0.1) is 0 Å². The molecule has 1 aromatic carbocycles. The molecular formula is C15H22N2O2. The van der Waals surface area contributed by atoms with Crippen LogP contribution < -0.4 is 10.2 Å². The third-order valence-electron chi connectivity index (χ3n) is 3.78. The first-order valence-electron chi connectivity index (χ1n) is 6.86. The van der Waals surface area contributed by atoms with Crippen molar-refractivity contribution in [3.63, 3.8) is 0 Å². The highest BCUT2D eigenvalue weighted by Gasteiger charge is 2.25. The maximum Gasteiger partial charge on any atom is 0.224 e. The molecule has 1 saturated heterocycles. The Balaban J connectivity index is 2.06. The zero-order valence-corrected chi connectivity index (χ0v) is 11.6. The predicted octanol–water partition coefficient (Wildman–Crippen LogP) is 1.70. The molecule has 0 aromatic heterocycles. The van der Waals surface area contributed by atoms with E-state index in [1.54, 1.807) is 14.0 Å². The van der Waals surface area contributed by atoms with Gasteiger partial charge in [0, 0.05) is 25.8 Å². The first-order valence-corrected chi connectivity index (χ1v) is 6.86. The molecule has 2 rings (SSSR count). The van der Waals surface area contributed by atoms with E-state index in [2.05, 4.69) is 10.2 Å². The Bertz CT molecular complexity index is 428. The normalized spacial score (nSPS) is 21.0. The molecule has 4 nitrogen and oxygen atoms in total. The van der Waals surface area contributed by atoms with Crippen LogP contribution in [0.3, 0.4) is 0 Å². The molecule has 1 aliphatic rings. The van der Waals surface area contributed by atoms with Gasteiger partial charge in [0.1, 0.15) is 0 Å². The highest BCUT2D eigenvalue weighted by Crippen LogP contribution is 2.24. The van der Waals surface area contributed by atoms with E-state index in [9.17, 15) is 9.90 Å². The standard InChI is InChI=1S/C15H22N2O2/c1-11(18)12-5-7-14(8-6-12)17-9-3-4-13(10-17)15(19)16-2/h5-8,11,13,18H,3-4,9-10H2,1-2H3,(H,16,19)/t11-,13?/m1/s1. The summed E-state index contributed by atoms with van der Waals surface area (Å²) in [5, 5.41) is 12.2. The summed E-state index contributed by atoms with van der Waals surface area (Å²) in [6, 6.07) is 7.94. The van der Waals surface area contributed by atoms with Crippen LogP contribution in [0.1, 0.15) is 31.4 Å². The quantitative estimate of drug-likeness (QED) is 0.872. The number of aliphatic hydroxyl groups excluding tert-OH is 1. The first kappa shape index (κ1) is 13.9. The molecule has 1 fully saturated rings. The number of hydrogen-bond donors (Lipinski definition) is 2. The van der Waals surface area contributed by atoms with Crippen molar-refractivity contribution in [1.29, 1.82) is 0 Å². The van der Waals surface area contributed by atoms with Crippen LogP contribution in [-0.2, 0) is 4.79 Å². The minimum Gasteiger partial charge on any atom is -0.389 e. The van der Waals surface area contributed by atoms with Crippen LogP contribution >= 0.6 is 0 Å². The zero-order valence-electron chi connectivity index (χ0n) is 11.6. The minimum absolute atomic E-state index is 0.0789. The van der Waals surface area contributed by atoms with Gasteiger partial charge in [-0.3, -0.25) is 4.79 Å². The fraction of sp³-hybridized carbons (Fsp3) is 0.533. The number of carbonyl (C=O) groups is 1. The topological polar surface area (TPSA) is 52.6 Å². The summed E-state index contributed by atoms with van der Waals surface area (Å²) < 4.78 is 0. The predicted molar refractivity (Wildman–Crippen MR) is 76.1 cm³/mol. The Hall–Kier alpha value is -1.55.